The molecule has 0 amide bonds. The second-order valence-corrected chi connectivity index (χ2v) is 5.29. The van der Waals surface area contributed by atoms with Crippen molar-refractivity contribution < 1.29 is 9.47 Å². The minimum Gasteiger partial charge on any atom is -0.486 e. The van der Waals surface area contributed by atoms with Gasteiger partial charge in [0.2, 0.25) is 0 Å². The van der Waals surface area contributed by atoms with E-state index in [1.165, 1.54) is 0 Å². The van der Waals surface area contributed by atoms with Gasteiger partial charge in [0.15, 0.2) is 17.6 Å². The molecule has 21 heavy (non-hydrogen) atoms. The first-order chi connectivity index (χ1) is 10.1. The van der Waals surface area contributed by atoms with Crippen LogP contribution < -0.4 is 14.4 Å². The molecule has 0 unspecified atom stereocenters. The lowest BCUT2D eigenvalue weighted by Crippen LogP contribution is -2.39. The molecular weight excluding hydrogens is 266 g/mol. The van der Waals surface area contributed by atoms with Gasteiger partial charge in [0.1, 0.15) is 18.2 Å². The minimum atomic E-state index is -0.0134. The van der Waals surface area contributed by atoms with Crippen molar-refractivity contribution in [2.75, 3.05) is 25.1 Å². The Labute approximate surface area is 124 Å². The van der Waals surface area contributed by atoms with E-state index in [1.54, 1.807) is 0 Å². The number of ether oxygens (including phenoxy) is 2. The van der Waals surface area contributed by atoms with Gasteiger partial charge in [-0.25, -0.2) is 9.97 Å². The van der Waals surface area contributed by atoms with Crippen molar-refractivity contribution in [1.29, 1.82) is 0 Å². The summed E-state index contributed by atoms with van der Waals surface area (Å²) in [6.45, 7) is 5.14. The van der Waals surface area contributed by atoms with E-state index in [0.717, 1.165) is 28.8 Å². The summed E-state index contributed by atoms with van der Waals surface area (Å²) in [5.41, 5.74) is 0.968. The van der Waals surface area contributed by atoms with Gasteiger partial charge in [-0.15, -0.1) is 0 Å². The summed E-state index contributed by atoms with van der Waals surface area (Å²) in [5, 5.41) is 0. The van der Waals surface area contributed by atoms with E-state index in [-0.39, 0.29) is 6.10 Å². The third kappa shape index (κ3) is 3.07. The summed E-state index contributed by atoms with van der Waals surface area (Å²) in [7, 11) is 2.01. The molecule has 2 aromatic rings. The number of nitrogens with zero attached hydrogens (tertiary/aromatic N) is 3. The Balaban J connectivity index is 1.70. The highest BCUT2D eigenvalue weighted by molar-refractivity contribution is 5.42. The summed E-state index contributed by atoms with van der Waals surface area (Å²) < 4.78 is 11.7. The number of benzene rings is 1. The third-order valence-corrected chi connectivity index (χ3v) is 3.39. The highest BCUT2D eigenvalue weighted by Gasteiger charge is 2.22. The van der Waals surface area contributed by atoms with E-state index < -0.39 is 0 Å². The predicted molar refractivity (Wildman–Crippen MR) is 81.1 cm³/mol. The van der Waals surface area contributed by atoms with Gasteiger partial charge in [-0.2, -0.15) is 0 Å². The topological polar surface area (TPSA) is 47.5 Å². The molecule has 110 valence electrons. The zero-order chi connectivity index (χ0) is 14.8. The molecule has 0 aliphatic carbocycles. The standard InChI is InChI=1S/C16H19N3O2/c1-11-8-16(18-12(2)17-11)19(3)9-13-10-20-14-6-4-5-7-15(14)21-13/h4-8,13H,9-10H2,1-3H3/t13-/m0/s1. The van der Waals surface area contributed by atoms with Gasteiger partial charge < -0.3 is 14.4 Å². The predicted octanol–water partition coefficient (Wildman–Crippen LogP) is 2.37. The largest absolute Gasteiger partial charge is 0.486 e. The van der Waals surface area contributed by atoms with Crippen molar-refractivity contribution in [2.24, 2.45) is 0 Å². The van der Waals surface area contributed by atoms with Crippen LogP contribution in [0, 0.1) is 13.8 Å². The fourth-order valence-corrected chi connectivity index (χ4v) is 2.44. The number of anilines is 1. The molecule has 1 aliphatic rings. The molecule has 0 bridgehead atoms. The van der Waals surface area contributed by atoms with Crippen LogP contribution in [0.15, 0.2) is 30.3 Å². The molecule has 5 heteroatoms. The van der Waals surface area contributed by atoms with Crippen LogP contribution in [0.3, 0.4) is 0 Å². The third-order valence-electron chi connectivity index (χ3n) is 3.39. The van der Waals surface area contributed by atoms with Gasteiger partial charge in [-0.3, -0.25) is 0 Å². The van der Waals surface area contributed by atoms with Gasteiger partial charge in [-0.1, -0.05) is 12.1 Å². The SMILES string of the molecule is Cc1cc(N(C)C[C@H]2COc3ccccc3O2)nc(C)n1. The summed E-state index contributed by atoms with van der Waals surface area (Å²) >= 11 is 0. The number of aromatic nitrogens is 2. The number of hydrogen-bond donors (Lipinski definition) is 0. The quantitative estimate of drug-likeness (QED) is 0.866. The average Bonchev–Trinajstić information content (AvgIpc) is 2.46. The van der Waals surface area contributed by atoms with Crippen LogP contribution >= 0.6 is 0 Å². The van der Waals surface area contributed by atoms with Crippen molar-refractivity contribution >= 4 is 5.82 Å². The van der Waals surface area contributed by atoms with Gasteiger partial charge in [0.05, 0.1) is 6.54 Å². The fraction of sp³-hybridized carbons (Fsp3) is 0.375. The molecule has 1 aromatic heterocycles. The van der Waals surface area contributed by atoms with E-state index in [9.17, 15) is 0 Å². The van der Waals surface area contributed by atoms with Gasteiger partial charge in [0, 0.05) is 18.8 Å². The Bertz CT molecular complexity index is 625. The normalized spacial score (nSPS) is 16.6. The lowest BCUT2D eigenvalue weighted by Gasteiger charge is -2.30. The second kappa shape index (κ2) is 5.60. The Morgan fingerprint density at radius 3 is 2.71 bits per heavy atom. The van der Waals surface area contributed by atoms with E-state index >= 15 is 0 Å². The summed E-state index contributed by atoms with van der Waals surface area (Å²) in [4.78, 5) is 10.8. The molecule has 1 aromatic carbocycles. The lowest BCUT2D eigenvalue weighted by molar-refractivity contribution is 0.0959. The minimum absolute atomic E-state index is 0.0134. The Kier molecular flexibility index (Phi) is 3.64. The van der Waals surface area contributed by atoms with Gasteiger partial charge in [-0.05, 0) is 26.0 Å². The second-order valence-electron chi connectivity index (χ2n) is 5.29. The first-order valence-corrected chi connectivity index (χ1v) is 7.04. The molecule has 2 heterocycles. The van der Waals surface area contributed by atoms with Crippen LogP contribution in [-0.2, 0) is 0 Å². The van der Waals surface area contributed by atoms with Crippen LogP contribution in [0.1, 0.15) is 11.5 Å². The van der Waals surface area contributed by atoms with Crippen LogP contribution in [0.5, 0.6) is 11.5 Å². The van der Waals surface area contributed by atoms with Crippen molar-refractivity contribution in [2.45, 2.75) is 20.0 Å². The maximum atomic E-state index is 5.97. The van der Waals surface area contributed by atoms with Crippen LogP contribution in [-0.4, -0.2) is 36.3 Å². The maximum absolute atomic E-state index is 5.97. The Morgan fingerprint density at radius 2 is 1.95 bits per heavy atom. The Hall–Kier alpha value is -2.30. The molecule has 0 spiro atoms. The highest BCUT2D eigenvalue weighted by atomic mass is 16.6. The van der Waals surface area contributed by atoms with E-state index in [0.29, 0.717) is 13.2 Å². The van der Waals surface area contributed by atoms with E-state index in [4.69, 9.17) is 9.47 Å². The molecule has 0 fully saturated rings. The molecular formula is C16H19N3O2. The summed E-state index contributed by atoms with van der Waals surface area (Å²) in [6, 6.07) is 9.73. The lowest BCUT2D eigenvalue weighted by atomic mass is 10.2. The zero-order valence-corrected chi connectivity index (χ0v) is 12.5. The van der Waals surface area contributed by atoms with Gasteiger partial charge >= 0.3 is 0 Å². The van der Waals surface area contributed by atoms with Crippen molar-refractivity contribution in [1.82, 2.24) is 9.97 Å². The Morgan fingerprint density at radius 1 is 1.19 bits per heavy atom. The maximum Gasteiger partial charge on any atom is 0.161 e. The number of likely N-dealkylation sites (N-methyl/N-ethyl adjacent to an activating group) is 1. The molecule has 0 saturated carbocycles. The fourth-order valence-electron chi connectivity index (χ4n) is 2.44. The first-order valence-electron chi connectivity index (χ1n) is 7.04. The molecule has 0 saturated heterocycles. The van der Waals surface area contributed by atoms with Crippen molar-refractivity contribution in [3.05, 3.63) is 41.9 Å². The monoisotopic (exact) mass is 285 g/mol. The molecule has 5 nitrogen and oxygen atoms in total. The van der Waals surface area contributed by atoms with E-state index in [2.05, 4.69) is 14.9 Å². The number of hydrogen-bond acceptors (Lipinski definition) is 5. The number of rotatable bonds is 3. The smallest absolute Gasteiger partial charge is 0.161 e. The number of para-hydroxylation sites is 2. The van der Waals surface area contributed by atoms with E-state index in [1.807, 2.05) is 51.2 Å². The molecule has 0 N–H and O–H groups in total. The van der Waals surface area contributed by atoms with Gasteiger partial charge in [0.25, 0.3) is 0 Å². The molecule has 3 rings (SSSR count). The molecule has 1 atom stereocenters. The summed E-state index contributed by atoms with van der Waals surface area (Å²) in [5.74, 6) is 3.30. The summed E-state index contributed by atoms with van der Waals surface area (Å²) in [6.07, 6.45) is -0.0134. The molecule has 1 aliphatic heterocycles. The first kappa shape index (κ1) is 13.7. The zero-order valence-electron chi connectivity index (χ0n) is 12.5. The van der Waals surface area contributed by atoms with Crippen molar-refractivity contribution in [3.63, 3.8) is 0 Å². The van der Waals surface area contributed by atoms with Crippen LogP contribution in [0.4, 0.5) is 5.82 Å². The number of aryl methyl sites for hydroxylation is 2. The average molecular weight is 285 g/mol. The van der Waals surface area contributed by atoms with Crippen LogP contribution in [0.2, 0.25) is 0 Å². The van der Waals surface area contributed by atoms with Crippen LogP contribution in [0.25, 0.3) is 0 Å². The van der Waals surface area contributed by atoms with Crippen molar-refractivity contribution in [3.8, 4) is 11.5 Å². The highest BCUT2D eigenvalue weighted by Crippen LogP contribution is 2.31. The molecule has 0 radical (unpaired) electrons. The number of fused-ring (bicyclic) bond motifs is 1.